The quantitative estimate of drug-likeness (QED) is 0.842. The summed E-state index contributed by atoms with van der Waals surface area (Å²) in [5, 5.41) is 9.94. The van der Waals surface area contributed by atoms with Crippen LogP contribution in [0.5, 0.6) is 5.75 Å². The van der Waals surface area contributed by atoms with Gasteiger partial charge in [-0.3, -0.25) is 9.69 Å². The molecule has 2 aliphatic rings. The molecule has 0 spiro atoms. The molecule has 2 aromatic carbocycles. The molecule has 0 aromatic heterocycles. The second-order valence-electron chi connectivity index (χ2n) is 8.14. The van der Waals surface area contributed by atoms with Crippen molar-refractivity contribution < 1.29 is 9.90 Å². The average Bonchev–Trinajstić information content (AvgIpc) is 2.65. The van der Waals surface area contributed by atoms with Crippen molar-refractivity contribution in [3.05, 3.63) is 65.2 Å². The summed E-state index contributed by atoms with van der Waals surface area (Å²) in [6.45, 7) is 6.52. The van der Waals surface area contributed by atoms with Gasteiger partial charge in [-0.2, -0.15) is 0 Å². The molecule has 136 valence electrons. The van der Waals surface area contributed by atoms with E-state index in [1.165, 1.54) is 11.1 Å². The van der Waals surface area contributed by atoms with Crippen LogP contribution in [0.3, 0.4) is 0 Å². The first-order chi connectivity index (χ1) is 12.5. The Morgan fingerprint density at radius 1 is 1.23 bits per heavy atom. The van der Waals surface area contributed by atoms with Crippen LogP contribution < -0.4 is 0 Å². The average molecular weight is 349 g/mol. The van der Waals surface area contributed by atoms with E-state index in [4.69, 9.17) is 0 Å². The van der Waals surface area contributed by atoms with Crippen molar-refractivity contribution in [3.63, 3.8) is 0 Å². The minimum absolute atomic E-state index is 0.108. The zero-order valence-corrected chi connectivity index (χ0v) is 15.6. The first-order valence-corrected chi connectivity index (χ1v) is 9.64. The SMILES string of the molecule is C[C@@H]1[C@@H]2Cc3ccc(O)cc3[C@]1(C)CCN2CCC(=O)c1ccccc1. The summed E-state index contributed by atoms with van der Waals surface area (Å²) < 4.78 is 0. The van der Waals surface area contributed by atoms with Gasteiger partial charge in [0, 0.05) is 24.6 Å². The number of phenolic OH excluding ortho intramolecular Hbond substituents is 1. The fourth-order valence-corrected chi connectivity index (χ4v) is 4.99. The molecule has 3 heteroatoms. The van der Waals surface area contributed by atoms with Crippen LogP contribution in [0, 0.1) is 5.92 Å². The second kappa shape index (κ2) is 6.55. The van der Waals surface area contributed by atoms with Crippen LogP contribution in [0.15, 0.2) is 48.5 Å². The first-order valence-electron chi connectivity index (χ1n) is 9.64. The minimum Gasteiger partial charge on any atom is -0.508 e. The molecule has 0 unspecified atom stereocenters. The fraction of sp³-hybridized carbons (Fsp3) is 0.435. The number of Topliss-reactive ketones (excluding diaryl/α,β-unsaturated/α-hetero) is 1. The highest BCUT2D eigenvalue weighted by Gasteiger charge is 2.48. The summed E-state index contributed by atoms with van der Waals surface area (Å²) in [6.07, 6.45) is 2.65. The third-order valence-electron chi connectivity index (χ3n) is 6.83. The van der Waals surface area contributed by atoms with Crippen LogP contribution >= 0.6 is 0 Å². The number of likely N-dealkylation sites (tertiary alicyclic amines) is 1. The van der Waals surface area contributed by atoms with E-state index in [0.717, 1.165) is 31.5 Å². The van der Waals surface area contributed by atoms with Crippen molar-refractivity contribution in [2.24, 2.45) is 5.92 Å². The van der Waals surface area contributed by atoms with E-state index in [0.29, 0.717) is 24.1 Å². The number of aromatic hydroxyl groups is 1. The highest BCUT2D eigenvalue weighted by atomic mass is 16.3. The van der Waals surface area contributed by atoms with Gasteiger partial charge < -0.3 is 5.11 Å². The zero-order valence-electron chi connectivity index (χ0n) is 15.6. The highest BCUT2D eigenvalue weighted by Crippen LogP contribution is 2.49. The molecule has 1 aliphatic carbocycles. The Hall–Kier alpha value is -2.13. The molecule has 26 heavy (non-hydrogen) atoms. The third kappa shape index (κ3) is 2.84. The van der Waals surface area contributed by atoms with Gasteiger partial charge in [0.25, 0.3) is 0 Å². The maximum absolute atomic E-state index is 12.5. The predicted molar refractivity (Wildman–Crippen MR) is 104 cm³/mol. The predicted octanol–water partition coefficient (Wildman–Crippen LogP) is 4.19. The van der Waals surface area contributed by atoms with Crippen molar-refractivity contribution in [1.82, 2.24) is 4.90 Å². The smallest absolute Gasteiger partial charge is 0.164 e. The Bertz CT molecular complexity index is 816. The lowest BCUT2D eigenvalue weighted by Crippen LogP contribution is -2.58. The van der Waals surface area contributed by atoms with Gasteiger partial charge >= 0.3 is 0 Å². The van der Waals surface area contributed by atoms with Crippen LogP contribution in [0.4, 0.5) is 0 Å². The van der Waals surface area contributed by atoms with Crippen molar-refractivity contribution >= 4 is 5.78 Å². The van der Waals surface area contributed by atoms with Crippen LogP contribution in [0.1, 0.15) is 48.2 Å². The van der Waals surface area contributed by atoms with Crippen molar-refractivity contribution in [1.29, 1.82) is 0 Å². The summed E-state index contributed by atoms with van der Waals surface area (Å²) in [5.74, 6) is 1.11. The summed E-state index contributed by atoms with van der Waals surface area (Å²) in [5.41, 5.74) is 3.59. The Kier molecular flexibility index (Phi) is 4.36. The number of benzene rings is 2. The van der Waals surface area contributed by atoms with Crippen molar-refractivity contribution in [2.45, 2.75) is 44.6 Å². The van der Waals surface area contributed by atoms with Gasteiger partial charge in [-0.15, -0.1) is 0 Å². The molecule has 3 nitrogen and oxygen atoms in total. The van der Waals surface area contributed by atoms with Gasteiger partial charge in [-0.1, -0.05) is 50.2 Å². The molecule has 2 bridgehead atoms. The molecule has 3 atom stereocenters. The van der Waals surface area contributed by atoms with E-state index in [9.17, 15) is 9.90 Å². The molecule has 1 aliphatic heterocycles. The van der Waals surface area contributed by atoms with Gasteiger partial charge in [-0.25, -0.2) is 0 Å². The molecule has 1 N–H and O–H groups in total. The molecule has 0 radical (unpaired) electrons. The molecule has 1 heterocycles. The van der Waals surface area contributed by atoms with Crippen molar-refractivity contribution in [3.8, 4) is 5.75 Å². The van der Waals surface area contributed by atoms with E-state index >= 15 is 0 Å². The Labute approximate surface area is 155 Å². The Balaban J connectivity index is 1.52. The third-order valence-corrected chi connectivity index (χ3v) is 6.83. The normalized spacial score (nSPS) is 27.8. The Morgan fingerprint density at radius 2 is 2.00 bits per heavy atom. The standard InChI is InChI=1S/C23H27NO2/c1-16-21-14-18-8-9-19(25)15-20(18)23(16,2)11-13-24(21)12-10-22(26)17-6-4-3-5-7-17/h3-9,15-16,21,25H,10-14H2,1-2H3/t16-,21+,23-/m1/s1. The number of nitrogens with zero attached hydrogens (tertiary/aromatic N) is 1. The zero-order chi connectivity index (χ0) is 18.3. The lowest BCUT2D eigenvalue weighted by Gasteiger charge is -2.54. The second-order valence-corrected chi connectivity index (χ2v) is 8.14. The molecule has 0 saturated carbocycles. The maximum atomic E-state index is 12.5. The van der Waals surface area contributed by atoms with Crippen LogP contribution in [0.25, 0.3) is 0 Å². The Morgan fingerprint density at radius 3 is 2.77 bits per heavy atom. The first kappa shape index (κ1) is 17.3. The van der Waals surface area contributed by atoms with Gasteiger partial charge in [0.2, 0.25) is 0 Å². The maximum Gasteiger partial charge on any atom is 0.164 e. The van der Waals surface area contributed by atoms with Gasteiger partial charge in [0.05, 0.1) is 0 Å². The van der Waals surface area contributed by atoms with Gasteiger partial charge in [0.1, 0.15) is 5.75 Å². The number of rotatable bonds is 4. The van der Waals surface area contributed by atoms with Crippen LogP contribution in [0.2, 0.25) is 0 Å². The number of carbonyl (C=O) groups excluding carboxylic acids is 1. The summed E-state index contributed by atoms with van der Waals surface area (Å²) >= 11 is 0. The largest absolute Gasteiger partial charge is 0.508 e. The van der Waals surface area contributed by atoms with E-state index in [-0.39, 0.29) is 11.2 Å². The number of ketones is 1. The molecule has 4 rings (SSSR count). The number of carbonyl (C=O) groups is 1. The number of fused-ring (bicyclic) bond motifs is 4. The number of hydrogen-bond donors (Lipinski definition) is 1. The summed E-state index contributed by atoms with van der Waals surface area (Å²) in [6, 6.07) is 15.9. The van der Waals surface area contributed by atoms with Crippen molar-refractivity contribution in [2.75, 3.05) is 13.1 Å². The van der Waals surface area contributed by atoms with E-state index < -0.39 is 0 Å². The van der Waals surface area contributed by atoms with E-state index in [1.54, 1.807) is 6.07 Å². The molecule has 2 aromatic rings. The highest BCUT2D eigenvalue weighted by molar-refractivity contribution is 5.96. The molecular formula is C23H27NO2. The molecule has 1 saturated heterocycles. The minimum atomic E-state index is 0.108. The lowest BCUT2D eigenvalue weighted by molar-refractivity contribution is 0.0305. The number of phenols is 1. The van der Waals surface area contributed by atoms with E-state index in [1.807, 2.05) is 36.4 Å². The van der Waals surface area contributed by atoms with E-state index in [2.05, 4.69) is 24.8 Å². The topological polar surface area (TPSA) is 40.5 Å². The monoisotopic (exact) mass is 349 g/mol. The molecule has 0 amide bonds. The summed E-state index contributed by atoms with van der Waals surface area (Å²) in [4.78, 5) is 15.0. The summed E-state index contributed by atoms with van der Waals surface area (Å²) in [7, 11) is 0. The number of piperidine rings is 1. The molecular weight excluding hydrogens is 322 g/mol. The molecule has 1 fully saturated rings. The van der Waals surface area contributed by atoms with Crippen LogP contribution in [-0.4, -0.2) is 34.9 Å². The lowest BCUT2D eigenvalue weighted by atomic mass is 9.59. The van der Waals surface area contributed by atoms with Crippen LogP contribution in [-0.2, 0) is 11.8 Å². The fourth-order valence-electron chi connectivity index (χ4n) is 4.99. The number of hydrogen-bond acceptors (Lipinski definition) is 3. The van der Waals surface area contributed by atoms with Gasteiger partial charge in [-0.05, 0) is 54.0 Å². The van der Waals surface area contributed by atoms with Gasteiger partial charge in [0.15, 0.2) is 5.78 Å².